The van der Waals surface area contributed by atoms with E-state index in [9.17, 15) is 4.79 Å². The van der Waals surface area contributed by atoms with Crippen LogP contribution in [0.15, 0.2) is 37.2 Å². The third-order valence-electron chi connectivity index (χ3n) is 2.32. The van der Waals surface area contributed by atoms with E-state index in [0.29, 0.717) is 11.5 Å². The van der Waals surface area contributed by atoms with Gasteiger partial charge in [-0.15, -0.1) is 0 Å². The SMILES string of the molecule is O=C(Nc1cccnc1-n1cncn1)c1cn[nH]n1. The van der Waals surface area contributed by atoms with Gasteiger partial charge in [0.15, 0.2) is 11.5 Å². The molecule has 0 radical (unpaired) electrons. The van der Waals surface area contributed by atoms with Crippen LogP contribution < -0.4 is 5.32 Å². The molecule has 0 bridgehead atoms. The van der Waals surface area contributed by atoms with E-state index in [2.05, 4.69) is 35.8 Å². The highest BCUT2D eigenvalue weighted by molar-refractivity contribution is 6.03. The third kappa shape index (κ3) is 2.16. The average Bonchev–Trinajstić information content (AvgIpc) is 3.13. The fourth-order valence-corrected chi connectivity index (χ4v) is 1.49. The minimum absolute atomic E-state index is 0.188. The van der Waals surface area contributed by atoms with Crippen molar-refractivity contribution in [1.82, 2.24) is 35.2 Å². The molecule has 0 atom stereocenters. The van der Waals surface area contributed by atoms with Gasteiger partial charge in [0.1, 0.15) is 12.7 Å². The lowest BCUT2D eigenvalue weighted by Crippen LogP contribution is -2.15. The van der Waals surface area contributed by atoms with Crippen LogP contribution in [0.1, 0.15) is 10.5 Å². The maximum atomic E-state index is 11.9. The molecular formula is C10H8N8O. The van der Waals surface area contributed by atoms with Crippen molar-refractivity contribution in [3.05, 3.63) is 42.9 Å². The summed E-state index contributed by atoms with van der Waals surface area (Å²) < 4.78 is 1.46. The highest BCUT2D eigenvalue weighted by Gasteiger charge is 2.13. The van der Waals surface area contributed by atoms with Crippen molar-refractivity contribution in [1.29, 1.82) is 0 Å². The lowest BCUT2D eigenvalue weighted by Gasteiger charge is -2.07. The molecular weight excluding hydrogens is 248 g/mol. The summed E-state index contributed by atoms with van der Waals surface area (Å²) in [5.74, 6) is 0.0833. The summed E-state index contributed by atoms with van der Waals surface area (Å²) in [7, 11) is 0. The molecule has 0 aliphatic rings. The maximum Gasteiger partial charge on any atom is 0.277 e. The Bertz CT molecular complexity index is 675. The van der Waals surface area contributed by atoms with E-state index in [4.69, 9.17) is 0 Å². The van der Waals surface area contributed by atoms with Gasteiger partial charge >= 0.3 is 0 Å². The summed E-state index contributed by atoms with van der Waals surface area (Å²) >= 11 is 0. The molecule has 1 amide bonds. The molecule has 9 heteroatoms. The zero-order valence-electron chi connectivity index (χ0n) is 9.56. The third-order valence-corrected chi connectivity index (χ3v) is 2.32. The minimum atomic E-state index is -0.386. The first-order valence-electron chi connectivity index (χ1n) is 5.32. The highest BCUT2D eigenvalue weighted by Crippen LogP contribution is 2.16. The number of rotatable bonds is 3. The predicted octanol–water partition coefficient (Wildman–Crippen LogP) is 0.0327. The lowest BCUT2D eigenvalue weighted by molar-refractivity contribution is 0.102. The van der Waals surface area contributed by atoms with Gasteiger partial charge in [-0.2, -0.15) is 20.5 Å². The first-order chi connectivity index (χ1) is 9.34. The van der Waals surface area contributed by atoms with Crippen LogP contribution in [-0.4, -0.2) is 41.1 Å². The van der Waals surface area contributed by atoms with Crippen LogP contribution in [0.4, 0.5) is 5.69 Å². The molecule has 0 fully saturated rings. The summed E-state index contributed by atoms with van der Waals surface area (Å²) in [6.45, 7) is 0. The number of hydrogen-bond donors (Lipinski definition) is 2. The number of carbonyl (C=O) groups is 1. The van der Waals surface area contributed by atoms with Crippen molar-refractivity contribution in [2.75, 3.05) is 5.32 Å². The van der Waals surface area contributed by atoms with Crippen LogP contribution in [0.3, 0.4) is 0 Å². The van der Waals surface area contributed by atoms with Crippen LogP contribution in [0.25, 0.3) is 5.82 Å². The van der Waals surface area contributed by atoms with Crippen molar-refractivity contribution in [2.45, 2.75) is 0 Å². The summed E-state index contributed by atoms with van der Waals surface area (Å²) in [5.41, 5.74) is 0.689. The maximum absolute atomic E-state index is 11.9. The van der Waals surface area contributed by atoms with E-state index in [1.165, 1.54) is 23.5 Å². The standard InChI is InChI=1S/C10H8N8O/c19-10(8-4-13-17-16-8)15-7-2-1-3-12-9(7)18-6-11-5-14-18/h1-6H,(H,15,19)(H,13,16,17). The van der Waals surface area contributed by atoms with Crippen LogP contribution >= 0.6 is 0 Å². The second kappa shape index (κ2) is 4.64. The molecule has 0 aromatic carbocycles. The van der Waals surface area contributed by atoms with Crippen molar-refractivity contribution in [3.8, 4) is 5.82 Å². The second-order valence-electron chi connectivity index (χ2n) is 3.52. The number of H-pyrrole nitrogens is 1. The normalized spacial score (nSPS) is 10.3. The van der Waals surface area contributed by atoms with E-state index >= 15 is 0 Å². The Labute approximate surface area is 106 Å². The molecule has 2 N–H and O–H groups in total. The molecule has 0 aliphatic carbocycles. The number of nitrogens with zero attached hydrogens (tertiary/aromatic N) is 6. The number of aromatic amines is 1. The van der Waals surface area contributed by atoms with Crippen molar-refractivity contribution in [2.24, 2.45) is 0 Å². The molecule has 9 nitrogen and oxygen atoms in total. The quantitative estimate of drug-likeness (QED) is 0.683. The first kappa shape index (κ1) is 11.0. The summed E-state index contributed by atoms with van der Waals surface area (Å²) in [6, 6.07) is 3.42. The van der Waals surface area contributed by atoms with Crippen LogP contribution in [-0.2, 0) is 0 Å². The molecule has 0 unspecified atom stereocenters. The molecule has 0 saturated heterocycles. The fraction of sp³-hybridized carbons (Fsp3) is 0. The van der Waals surface area contributed by atoms with E-state index in [-0.39, 0.29) is 11.6 Å². The van der Waals surface area contributed by atoms with Gasteiger partial charge in [-0.3, -0.25) is 4.79 Å². The Morgan fingerprint density at radius 1 is 1.42 bits per heavy atom. The Morgan fingerprint density at radius 2 is 2.37 bits per heavy atom. The van der Waals surface area contributed by atoms with E-state index in [0.717, 1.165) is 0 Å². The largest absolute Gasteiger partial charge is 0.317 e. The highest BCUT2D eigenvalue weighted by atomic mass is 16.2. The molecule has 3 aromatic heterocycles. The topological polar surface area (TPSA) is 114 Å². The van der Waals surface area contributed by atoms with Gasteiger partial charge in [0.05, 0.1) is 11.9 Å². The minimum Gasteiger partial charge on any atom is -0.317 e. The molecule has 0 saturated carbocycles. The van der Waals surface area contributed by atoms with Gasteiger partial charge in [0.25, 0.3) is 5.91 Å². The molecule has 94 valence electrons. The van der Waals surface area contributed by atoms with Gasteiger partial charge in [0, 0.05) is 6.20 Å². The number of hydrogen-bond acceptors (Lipinski definition) is 6. The van der Waals surface area contributed by atoms with Gasteiger partial charge in [0.2, 0.25) is 0 Å². The Hall–Kier alpha value is -3.10. The Balaban J connectivity index is 1.92. The second-order valence-corrected chi connectivity index (χ2v) is 3.52. The number of anilines is 1. The molecule has 3 aromatic rings. The molecule has 0 aliphatic heterocycles. The molecule has 0 spiro atoms. The van der Waals surface area contributed by atoms with Crippen LogP contribution in [0.2, 0.25) is 0 Å². The Kier molecular flexibility index (Phi) is 2.69. The van der Waals surface area contributed by atoms with Crippen LogP contribution in [0.5, 0.6) is 0 Å². The smallest absolute Gasteiger partial charge is 0.277 e. The van der Waals surface area contributed by atoms with E-state index in [1.807, 2.05) is 0 Å². The first-order valence-corrected chi connectivity index (χ1v) is 5.32. The zero-order valence-corrected chi connectivity index (χ0v) is 9.56. The Morgan fingerprint density at radius 3 is 3.11 bits per heavy atom. The summed E-state index contributed by atoms with van der Waals surface area (Å²) in [6.07, 6.45) is 5.82. The fourth-order valence-electron chi connectivity index (χ4n) is 1.49. The van der Waals surface area contributed by atoms with Gasteiger partial charge in [-0.1, -0.05) is 0 Å². The van der Waals surface area contributed by atoms with E-state index in [1.54, 1.807) is 18.3 Å². The molecule has 3 rings (SSSR count). The van der Waals surface area contributed by atoms with Gasteiger partial charge in [-0.05, 0) is 12.1 Å². The number of pyridine rings is 1. The number of aromatic nitrogens is 7. The predicted molar refractivity (Wildman–Crippen MR) is 63.5 cm³/mol. The number of amides is 1. The monoisotopic (exact) mass is 256 g/mol. The van der Waals surface area contributed by atoms with Crippen molar-refractivity contribution >= 4 is 11.6 Å². The number of nitrogens with one attached hydrogen (secondary N) is 2. The van der Waals surface area contributed by atoms with Gasteiger partial charge < -0.3 is 5.32 Å². The van der Waals surface area contributed by atoms with Crippen molar-refractivity contribution in [3.63, 3.8) is 0 Å². The molecule has 3 heterocycles. The van der Waals surface area contributed by atoms with Crippen molar-refractivity contribution < 1.29 is 4.79 Å². The zero-order chi connectivity index (χ0) is 13.1. The summed E-state index contributed by atoms with van der Waals surface area (Å²) in [4.78, 5) is 19.9. The van der Waals surface area contributed by atoms with Crippen LogP contribution in [0, 0.1) is 0 Å². The lowest BCUT2D eigenvalue weighted by atomic mass is 10.3. The average molecular weight is 256 g/mol. The number of carbonyl (C=O) groups excluding carboxylic acids is 1. The van der Waals surface area contributed by atoms with Gasteiger partial charge in [-0.25, -0.2) is 14.6 Å². The summed E-state index contributed by atoms with van der Waals surface area (Å²) in [5, 5.41) is 16.3. The van der Waals surface area contributed by atoms with E-state index < -0.39 is 0 Å². The molecule has 19 heavy (non-hydrogen) atoms.